The molecule has 28 heavy (non-hydrogen) atoms. The number of halogens is 2. The average Bonchev–Trinajstić information content (AvgIpc) is 2.63. The van der Waals surface area contributed by atoms with Gasteiger partial charge in [0.2, 0.25) is 5.91 Å². The van der Waals surface area contributed by atoms with Gasteiger partial charge in [-0.15, -0.1) is 0 Å². The highest BCUT2D eigenvalue weighted by Gasteiger charge is 2.45. The van der Waals surface area contributed by atoms with Gasteiger partial charge in [0.05, 0.1) is 23.3 Å². The largest absolute Gasteiger partial charge is 0.379 e. The number of ether oxygens (including phenoxy) is 1. The van der Waals surface area contributed by atoms with Gasteiger partial charge in [0, 0.05) is 43.1 Å². The van der Waals surface area contributed by atoms with Crippen molar-refractivity contribution < 1.29 is 14.3 Å². The lowest BCUT2D eigenvalue weighted by Gasteiger charge is -2.47. The second-order valence-electron chi connectivity index (χ2n) is 8.50. The van der Waals surface area contributed by atoms with Gasteiger partial charge in [-0.25, -0.2) is 10.0 Å². The van der Waals surface area contributed by atoms with Crippen LogP contribution in [-0.4, -0.2) is 48.0 Å². The second kappa shape index (κ2) is 7.45. The van der Waals surface area contributed by atoms with E-state index >= 15 is 0 Å². The first kappa shape index (κ1) is 19.9. The van der Waals surface area contributed by atoms with E-state index in [0.717, 1.165) is 16.8 Å². The molecule has 0 bridgehead atoms. The molecule has 0 N–H and O–H groups in total. The Balaban J connectivity index is 1.82. The van der Waals surface area contributed by atoms with Gasteiger partial charge in [0.25, 0.3) is 0 Å². The topological polar surface area (TPSA) is 49.9 Å². The maximum Gasteiger partial charge on any atom is 0.242 e. The predicted octanol–water partition coefficient (Wildman–Crippen LogP) is 4.20. The third-order valence-corrected chi connectivity index (χ3v) is 6.47. The van der Waals surface area contributed by atoms with E-state index in [1.54, 1.807) is 17.1 Å². The Hall–Kier alpha value is -1.40. The number of hydrogen-bond donors (Lipinski definition) is 0. The number of rotatable bonds is 2. The molecule has 0 aromatic heterocycles. The number of benzene rings is 1. The molecule has 1 aromatic rings. The first-order chi connectivity index (χ1) is 13.3. The smallest absolute Gasteiger partial charge is 0.242 e. The fourth-order valence-electron chi connectivity index (χ4n) is 4.50. The van der Waals surface area contributed by atoms with E-state index in [9.17, 15) is 9.59 Å². The van der Waals surface area contributed by atoms with Crippen LogP contribution < -0.4 is 0 Å². The maximum absolute atomic E-state index is 13.2. The molecule has 0 radical (unpaired) electrons. The highest BCUT2D eigenvalue weighted by molar-refractivity contribution is 6.42. The van der Waals surface area contributed by atoms with E-state index < -0.39 is 0 Å². The van der Waals surface area contributed by atoms with Crippen molar-refractivity contribution in [3.63, 3.8) is 0 Å². The molecule has 4 rings (SSSR count). The number of ketones is 1. The number of hydrazine groups is 1. The van der Waals surface area contributed by atoms with E-state index in [2.05, 4.69) is 13.8 Å². The van der Waals surface area contributed by atoms with E-state index in [4.69, 9.17) is 27.9 Å². The summed E-state index contributed by atoms with van der Waals surface area (Å²) in [5.74, 6) is -0.145. The van der Waals surface area contributed by atoms with E-state index in [1.165, 1.54) is 0 Å². The lowest BCUT2D eigenvalue weighted by Crippen LogP contribution is -2.55. The molecule has 1 saturated heterocycles. The zero-order chi connectivity index (χ0) is 20.1. The summed E-state index contributed by atoms with van der Waals surface area (Å²) in [5.41, 5.74) is 2.28. The van der Waals surface area contributed by atoms with E-state index in [-0.39, 0.29) is 29.4 Å². The lowest BCUT2D eigenvalue weighted by atomic mass is 9.69. The standard InChI is InChI=1S/C21H24Cl2N2O3/c1-21(2)11-17-20(18(26)12-21)14(13-3-4-15(22)16(23)9-13)10-19(27)25(17)24-5-7-28-8-6-24/h3-4,9,14H,5-8,10-12H2,1-2H3. The molecule has 1 amide bonds. The maximum atomic E-state index is 13.2. The first-order valence-electron chi connectivity index (χ1n) is 9.63. The summed E-state index contributed by atoms with van der Waals surface area (Å²) in [5, 5.41) is 4.70. The Morgan fingerprint density at radius 1 is 1.07 bits per heavy atom. The predicted molar refractivity (Wildman–Crippen MR) is 108 cm³/mol. The minimum Gasteiger partial charge on any atom is -0.379 e. The summed E-state index contributed by atoms with van der Waals surface area (Å²) in [7, 11) is 0. The number of nitrogens with zero attached hydrogens (tertiary/aromatic N) is 2. The second-order valence-corrected chi connectivity index (χ2v) is 9.32. The zero-order valence-corrected chi connectivity index (χ0v) is 17.6. The molecule has 1 unspecified atom stereocenters. The third kappa shape index (κ3) is 3.61. The van der Waals surface area contributed by atoms with Crippen LogP contribution in [0.25, 0.3) is 0 Å². The van der Waals surface area contributed by atoms with Crippen molar-refractivity contribution in [2.45, 2.75) is 39.0 Å². The number of allylic oxidation sites excluding steroid dienone is 2. The van der Waals surface area contributed by atoms with Gasteiger partial charge in [-0.2, -0.15) is 0 Å². The summed E-state index contributed by atoms with van der Waals surface area (Å²) < 4.78 is 5.45. The van der Waals surface area contributed by atoms with E-state index in [1.807, 2.05) is 11.1 Å². The van der Waals surface area contributed by atoms with Crippen LogP contribution in [0.2, 0.25) is 10.0 Å². The fraction of sp³-hybridized carbons (Fsp3) is 0.524. The Labute approximate surface area is 175 Å². The van der Waals surface area contributed by atoms with Crippen molar-refractivity contribution in [3.05, 3.63) is 45.1 Å². The van der Waals surface area contributed by atoms with Crippen molar-refractivity contribution in [2.24, 2.45) is 5.41 Å². The number of carbonyl (C=O) groups is 2. The molecule has 5 nitrogen and oxygen atoms in total. The number of morpholine rings is 1. The van der Waals surface area contributed by atoms with Crippen LogP contribution in [-0.2, 0) is 14.3 Å². The van der Waals surface area contributed by atoms with Crippen LogP contribution in [0.4, 0.5) is 0 Å². The van der Waals surface area contributed by atoms with Gasteiger partial charge in [-0.1, -0.05) is 43.1 Å². The normalized spacial score (nSPS) is 25.9. The van der Waals surface area contributed by atoms with Gasteiger partial charge >= 0.3 is 0 Å². The van der Waals surface area contributed by atoms with Crippen molar-refractivity contribution >= 4 is 34.9 Å². The third-order valence-electron chi connectivity index (χ3n) is 5.73. The average molecular weight is 423 g/mol. The van der Waals surface area contributed by atoms with Gasteiger partial charge < -0.3 is 4.74 Å². The van der Waals surface area contributed by atoms with Crippen molar-refractivity contribution in [1.82, 2.24) is 10.0 Å². The Morgan fingerprint density at radius 2 is 1.79 bits per heavy atom. The summed E-state index contributed by atoms with van der Waals surface area (Å²) >= 11 is 12.3. The van der Waals surface area contributed by atoms with Crippen LogP contribution in [0.1, 0.15) is 44.6 Å². The monoisotopic (exact) mass is 422 g/mol. The molecule has 3 aliphatic rings. The van der Waals surface area contributed by atoms with Crippen molar-refractivity contribution in [3.8, 4) is 0 Å². The molecule has 0 saturated carbocycles. The molecule has 7 heteroatoms. The quantitative estimate of drug-likeness (QED) is 0.716. The summed E-state index contributed by atoms with van der Waals surface area (Å²) in [4.78, 5) is 26.5. The molecule has 1 aliphatic carbocycles. The SMILES string of the molecule is CC1(C)CC(=O)C2=C(C1)N(N1CCOCC1)C(=O)CC2c1ccc(Cl)c(Cl)c1. The van der Waals surface area contributed by atoms with Crippen LogP contribution >= 0.6 is 23.2 Å². The molecule has 2 aliphatic heterocycles. The van der Waals surface area contributed by atoms with Crippen LogP contribution in [0.15, 0.2) is 29.5 Å². The Kier molecular flexibility index (Phi) is 5.29. The highest BCUT2D eigenvalue weighted by atomic mass is 35.5. The number of hydrogen-bond acceptors (Lipinski definition) is 4. The lowest BCUT2D eigenvalue weighted by molar-refractivity contribution is -0.154. The molecule has 1 aromatic carbocycles. The zero-order valence-electron chi connectivity index (χ0n) is 16.1. The highest BCUT2D eigenvalue weighted by Crippen LogP contribution is 2.47. The molecule has 0 spiro atoms. The molecule has 2 heterocycles. The molecule has 1 fully saturated rings. The van der Waals surface area contributed by atoms with Crippen LogP contribution in [0.3, 0.4) is 0 Å². The molecule has 1 atom stereocenters. The molecule has 150 valence electrons. The Morgan fingerprint density at radius 3 is 2.46 bits per heavy atom. The first-order valence-corrected chi connectivity index (χ1v) is 10.4. The summed E-state index contributed by atoms with van der Waals surface area (Å²) in [6.07, 6.45) is 1.42. The van der Waals surface area contributed by atoms with Crippen molar-refractivity contribution in [2.75, 3.05) is 26.3 Å². The van der Waals surface area contributed by atoms with Gasteiger partial charge in [-0.05, 0) is 29.5 Å². The number of amides is 1. The van der Waals surface area contributed by atoms with Gasteiger partial charge in [0.15, 0.2) is 5.78 Å². The minimum absolute atomic E-state index is 0.0159. The molecular weight excluding hydrogens is 399 g/mol. The van der Waals surface area contributed by atoms with Crippen LogP contribution in [0, 0.1) is 5.41 Å². The summed E-state index contributed by atoms with van der Waals surface area (Å²) in [6, 6.07) is 5.38. The Bertz CT molecular complexity index is 859. The van der Waals surface area contributed by atoms with Gasteiger partial charge in [-0.3, -0.25) is 9.59 Å². The molecular formula is C21H24Cl2N2O3. The van der Waals surface area contributed by atoms with Crippen LogP contribution in [0.5, 0.6) is 0 Å². The minimum atomic E-state index is -0.279. The number of carbonyl (C=O) groups excluding carboxylic acids is 2. The number of Topliss-reactive ketones (excluding diaryl/α,β-unsaturated/α-hetero) is 1. The summed E-state index contributed by atoms with van der Waals surface area (Å²) in [6.45, 7) is 6.63. The van der Waals surface area contributed by atoms with Gasteiger partial charge in [0.1, 0.15) is 0 Å². The van der Waals surface area contributed by atoms with E-state index in [0.29, 0.717) is 49.2 Å². The fourth-order valence-corrected chi connectivity index (χ4v) is 4.80. The van der Waals surface area contributed by atoms with Crippen molar-refractivity contribution in [1.29, 1.82) is 0 Å².